The maximum absolute atomic E-state index is 6.07. The van der Waals surface area contributed by atoms with E-state index in [-0.39, 0.29) is 0 Å². The molecular weight excluding hydrogens is 194 g/mol. The van der Waals surface area contributed by atoms with Crippen LogP contribution in [0.4, 0.5) is 0 Å². The van der Waals surface area contributed by atoms with Crippen LogP contribution in [0, 0.1) is 6.92 Å². The van der Waals surface area contributed by atoms with Gasteiger partial charge in [-0.15, -0.1) is 0 Å². The number of nitrogens with zero attached hydrogens (tertiary/aromatic N) is 2. The third kappa shape index (κ3) is 2.35. The van der Waals surface area contributed by atoms with E-state index in [0.717, 1.165) is 12.8 Å². The van der Waals surface area contributed by atoms with Gasteiger partial charge in [-0.25, -0.2) is 0 Å². The van der Waals surface area contributed by atoms with Crippen molar-refractivity contribution in [3.63, 3.8) is 0 Å². The van der Waals surface area contributed by atoms with Crippen LogP contribution in [-0.2, 0) is 10.3 Å². The van der Waals surface area contributed by atoms with Gasteiger partial charge in [0.15, 0.2) is 5.82 Å². The molecule has 0 saturated heterocycles. The molecule has 0 bridgehead atoms. The van der Waals surface area contributed by atoms with Gasteiger partial charge in [0, 0.05) is 6.92 Å². The van der Waals surface area contributed by atoms with Gasteiger partial charge in [0.25, 0.3) is 0 Å². The van der Waals surface area contributed by atoms with Crippen molar-refractivity contribution in [3.8, 4) is 0 Å². The molecule has 1 unspecified atom stereocenters. The van der Waals surface area contributed by atoms with Crippen LogP contribution in [0.5, 0.6) is 0 Å². The molecule has 1 aromatic heterocycles. The van der Waals surface area contributed by atoms with Crippen LogP contribution in [-0.4, -0.2) is 22.9 Å². The normalized spacial score (nSPS) is 21.0. The zero-order valence-electron chi connectivity index (χ0n) is 9.19. The van der Waals surface area contributed by atoms with E-state index >= 15 is 0 Å². The van der Waals surface area contributed by atoms with Gasteiger partial charge in [-0.1, -0.05) is 5.16 Å². The number of nitrogens with two attached hydrogens (primary N) is 1. The Kier molecular flexibility index (Phi) is 2.75. The minimum atomic E-state index is -0.659. The number of aromatic nitrogens is 2. The summed E-state index contributed by atoms with van der Waals surface area (Å²) in [7, 11) is 0. The first-order chi connectivity index (χ1) is 7.08. The summed E-state index contributed by atoms with van der Waals surface area (Å²) < 4.78 is 10.6. The first kappa shape index (κ1) is 10.6. The van der Waals surface area contributed by atoms with Gasteiger partial charge in [0.1, 0.15) is 5.54 Å². The lowest BCUT2D eigenvalue weighted by molar-refractivity contribution is -0.0222. The molecule has 1 atom stereocenters. The van der Waals surface area contributed by atoms with Crippen LogP contribution in [0.15, 0.2) is 4.52 Å². The van der Waals surface area contributed by atoms with Crippen molar-refractivity contribution >= 4 is 0 Å². The van der Waals surface area contributed by atoms with Crippen LogP contribution in [0.3, 0.4) is 0 Å². The van der Waals surface area contributed by atoms with Crippen molar-refractivity contribution in [2.75, 3.05) is 6.61 Å². The van der Waals surface area contributed by atoms with Crippen molar-refractivity contribution in [2.24, 2.45) is 5.73 Å². The maximum atomic E-state index is 6.07. The summed E-state index contributed by atoms with van der Waals surface area (Å²) in [6.45, 7) is 4.05. The van der Waals surface area contributed by atoms with Crippen LogP contribution in [0.2, 0.25) is 0 Å². The Morgan fingerprint density at radius 1 is 1.60 bits per heavy atom. The van der Waals surface area contributed by atoms with E-state index in [1.54, 1.807) is 6.92 Å². The van der Waals surface area contributed by atoms with Gasteiger partial charge in [-0.05, 0) is 26.2 Å². The zero-order chi connectivity index (χ0) is 10.9. The predicted molar refractivity (Wildman–Crippen MR) is 54.2 cm³/mol. The molecule has 15 heavy (non-hydrogen) atoms. The summed E-state index contributed by atoms with van der Waals surface area (Å²) >= 11 is 0. The molecular formula is C10H17N3O2. The number of ether oxygens (including phenoxy) is 1. The van der Waals surface area contributed by atoms with Gasteiger partial charge >= 0.3 is 0 Å². The van der Waals surface area contributed by atoms with Crippen molar-refractivity contribution < 1.29 is 9.26 Å². The smallest absolute Gasteiger partial charge is 0.223 e. The van der Waals surface area contributed by atoms with Crippen molar-refractivity contribution in [3.05, 3.63) is 11.7 Å². The number of hydrogen-bond donors (Lipinski definition) is 1. The lowest BCUT2D eigenvalue weighted by Gasteiger charge is -2.29. The lowest BCUT2D eigenvalue weighted by Crippen LogP contribution is -2.41. The fourth-order valence-corrected chi connectivity index (χ4v) is 1.42. The highest BCUT2D eigenvalue weighted by Gasteiger charge is 2.30. The average molecular weight is 211 g/mol. The first-order valence-corrected chi connectivity index (χ1v) is 5.29. The highest BCUT2D eigenvalue weighted by Crippen LogP contribution is 2.24. The molecule has 1 heterocycles. The fourth-order valence-electron chi connectivity index (χ4n) is 1.42. The number of hydrogen-bond acceptors (Lipinski definition) is 5. The second kappa shape index (κ2) is 3.90. The molecule has 5 nitrogen and oxygen atoms in total. The molecule has 0 aliphatic heterocycles. The molecule has 0 spiro atoms. The Morgan fingerprint density at radius 2 is 2.33 bits per heavy atom. The molecule has 1 aromatic rings. The van der Waals surface area contributed by atoms with E-state index in [4.69, 9.17) is 15.0 Å². The van der Waals surface area contributed by atoms with Crippen LogP contribution in [0.25, 0.3) is 0 Å². The molecule has 2 N–H and O–H groups in total. The Hall–Kier alpha value is -0.940. The zero-order valence-corrected chi connectivity index (χ0v) is 9.19. The van der Waals surface area contributed by atoms with Gasteiger partial charge < -0.3 is 15.0 Å². The van der Waals surface area contributed by atoms with E-state index in [1.807, 2.05) is 6.92 Å². The predicted octanol–water partition coefficient (Wildman–Crippen LogP) is 1.12. The molecule has 0 radical (unpaired) electrons. The summed E-state index contributed by atoms with van der Waals surface area (Å²) in [6.07, 6.45) is 3.91. The van der Waals surface area contributed by atoms with E-state index in [1.165, 1.54) is 6.42 Å². The Balaban J connectivity index is 1.92. The van der Waals surface area contributed by atoms with Crippen molar-refractivity contribution in [2.45, 2.75) is 44.8 Å². The second-order valence-corrected chi connectivity index (χ2v) is 4.42. The quantitative estimate of drug-likeness (QED) is 0.807. The molecule has 1 saturated carbocycles. The third-order valence-corrected chi connectivity index (χ3v) is 2.71. The van der Waals surface area contributed by atoms with E-state index < -0.39 is 5.54 Å². The van der Waals surface area contributed by atoms with Crippen LogP contribution < -0.4 is 5.73 Å². The maximum Gasteiger partial charge on any atom is 0.223 e. The van der Waals surface area contributed by atoms with Gasteiger partial charge in [0.2, 0.25) is 5.89 Å². The monoisotopic (exact) mass is 211 g/mol. The van der Waals surface area contributed by atoms with E-state index in [0.29, 0.717) is 24.4 Å². The number of rotatable bonds is 4. The summed E-state index contributed by atoms with van der Waals surface area (Å²) in [5.74, 6) is 1.05. The molecule has 84 valence electrons. The largest absolute Gasteiger partial charge is 0.376 e. The summed E-state index contributed by atoms with van der Waals surface area (Å²) in [6, 6.07) is 0. The lowest BCUT2D eigenvalue weighted by atomic mass is 9.95. The minimum absolute atomic E-state index is 0.376. The molecule has 1 fully saturated rings. The van der Waals surface area contributed by atoms with Gasteiger partial charge in [-0.2, -0.15) is 4.98 Å². The van der Waals surface area contributed by atoms with E-state index in [9.17, 15) is 0 Å². The van der Waals surface area contributed by atoms with E-state index in [2.05, 4.69) is 10.1 Å². The fraction of sp³-hybridized carbons (Fsp3) is 0.800. The van der Waals surface area contributed by atoms with Crippen molar-refractivity contribution in [1.82, 2.24) is 10.1 Å². The Labute approximate surface area is 89.0 Å². The van der Waals surface area contributed by atoms with Gasteiger partial charge in [0.05, 0.1) is 12.7 Å². The second-order valence-electron chi connectivity index (χ2n) is 4.42. The molecule has 5 heteroatoms. The number of aryl methyl sites for hydroxylation is 1. The molecule has 1 aliphatic carbocycles. The van der Waals surface area contributed by atoms with Crippen molar-refractivity contribution in [1.29, 1.82) is 0 Å². The Bertz CT molecular complexity index is 331. The van der Waals surface area contributed by atoms with Gasteiger partial charge in [-0.3, -0.25) is 0 Å². The van der Waals surface area contributed by atoms with Crippen LogP contribution in [0.1, 0.15) is 37.9 Å². The highest BCUT2D eigenvalue weighted by molar-refractivity contribution is 5.01. The third-order valence-electron chi connectivity index (χ3n) is 2.71. The SMILES string of the molecule is Cc1nc(C(C)(N)COC2CCC2)no1. The topological polar surface area (TPSA) is 74.2 Å². The highest BCUT2D eigenvalue weighted by atomic mass is 16.5. The summed E-state index contributed by atoms with van der Waals surface area (Å²) in [4.78, 5) is 4.12. The molecule has 0 aromatic carbocycles. The molecule has 0 amide bonds. The standard InChI is InChI=1S/C10H17N3O2/c1-7-12-9(13-15-7)10(2,11)6-14-8-4-3-5-8/h8H,3-6,11H2,1-2H3. The Morgan fingerprint density at radius 3 is 2.80 bits per heavy atom. The summed E-state index contributed by atoms with van der Waals surface area (Å²) in [5.41, 5.74) is 5.41. The first-order valence-electron chi connectivity index (χ1n) is 5.29. The molecule has 2 rings (SSSR count). The minimum Gasteiger partial charge on any atom is -0.376 e. The molecule has 1 aliphatic rings. The average Bonchev–Trinajstić information content (AvgIpc) is 2.49. The van der Waals surface area contributed by atoms with Crippen LogP contribution >= 0.6 is 0 Å². The summed E-state index contributed by atoms with van der Waals surface area (Å²) in [5, 5.41) is 3.82.